The van der Waals surface area contributed by atoms with E-state index < -0.39 is 6.10 Å². The van der Waals surface area contributed by atoms with E-state index >= 15 is 0 Å². The Labute approximate surface area is 109 Å². The first-order valence-electron chi connectivity index (χ1n) is 6.33. The zero-order chi connectivity index (χ0) is 13.5. The molecule has 1 aromatic rings. The average molecular weight is 252 g/mol. The number of likely N-dealkylation sites (N-methyl/N-ethyl adjacent to an activating group) is 1. The van der Waals surface area contributed by atoms with Gasteiger partial charge in [-0.15, -0.1) is 0 Å². The van der Waals surface area contributed by atoms with Gasteiger partial charge < -0.3 is 15.6 Å². The average Bonchev–Trinajstić information content (AvgIpc) is 2.30. The van der Waals surface area contributed by atoms with Crippen molar-refractivity contribution < 1.29 is 9.84 Å². The third-order valence-electron chi connectivity index (χ3n) is 2.54. The second kappa shape index (κ2) is 7.36. The Morgan fingerprint density at radius 3 is 2.39 bits per heavy atom. The van der Waals surface area contributed by atoms with Crippen molar-refractivity contribution >= 4 is 0 Å². The lowest BCUT2D eigenvalue weighted by Gasteiger charge is -2.19. The summed E-state index contributed by atoms with van der Waals surface area (Å²) in [4.78, 5) is 2.05. The van der Waals surface area contributed by atoms with Crippen molar-refractivity contribution in [2.45, 2.75) is 32.6 Å². The molecule has 1 unspecified atom stereocenters. The van der Waals surface area contributed by atoms with Gasteiger partial charge in [-0.25, -0.2) is 0 Å². The molecular weight excluding hydrogens is 228 g/mol. The van der Waals surface area contributed by atoms with Crippen molar-refractivity contribution in [2.75, 3.05) is 20.1 Å². The number of hydrogen-bond donors (Lipinski definition) is 2. The lowest BCUT2D eigenvalue weighted by molar-refractivity contribution is 0.129. The summed E-state index contributed by atoms with van der Waals surface area (Å²) in [5.74, 6) is 0.887. The van der Waals surface area contributed by atoms with Gasteiger partial charge in [-0.1, -0.05) is 12.1 Å². The van der Waals surface area contributed by atoms with Crippen LogP contribution < -0.4 is 10.5 Å². The van der Waals surface area contributed by atoms with E-state index in [-0.39, 0.29) is 6.10 Å². The van der Waals surface area contributed by atoms with Gasteiger partial charge in [0.1, 0.15) is 5.75 Å². The smallest absolute Gasteiger partial charge is 0.119 e. The van der Waals surface area contributed by atoms with E-state index in [1.807, 2.05) is 45.2 Å². The van der Waals surface area contributed by atoms with Gasteiger partial charge in [0.15, 0.2) is 0 Å². The molecule has 0 spiro atoms. The minimum atomic E-state index is -0.460. The number of aliphatic hydroxyl groups is 1. The highest BCUT2D eigenvalue weighted by atomic mass is 16.5. The van der Waals surface area contributed by atoms with Gasteiger partial charge in [0, 0.05) is 19.6 Å². The molecule has 0 saturated heterocycles. The molecule has 3 N–H and O–H groups in total. The molecule has 0 aliphatic heterocycles. The summed E-state index contributed by atoms with van der Waals surface area (Å²) in [6.45, 7) is 5.69. The van der Waals surface area contributed by atoms with Gasteiger partial charge in [0.25, 0.3) is 0 Å². The van der Waals surface area contributed by atoms with E-state index in [4.69, 9.17) is 10.5 Å². The van der Waals surface area contributed by atoms with Crippen molar-refractivity contribution in [1.29, 1.82) is 0 Å². The van der Waals surface area contributed by atoms with E-state index in [0.29, 0.717) is 13.1 Å². The molecule has 0 radical (unpaired) electrons. The highest BCUT2D eigenvalue weighted by Gasteiger charge is 2.07. The molecule has 102 valence electrons. The molecule has 0 bridgehead atoms. The molecule has 1 atom stereocenters. The van der Waals surface area contributed by atoms with E-state index in [1.54, 1.807) is 0 Å². The molecule has 1 aromatic carbocycles. The summed E-state index contributed by atoms with van der Waals surface area (Å²) >= 11 is 0. The standard InChI is InChI=1S/C14H24N2O2/c1-11(2)18-14-6-4-12(5-7-14)9-16(3)10-13(17)8-15/h4-7,11,13,17H,8-10,15H2,1-3H3. The predicted octanol–water partition coefficient (Wildman–Crippen LogP) is 1.23. The quantitative estimate of drug-likeness (QED) is 0.766. The molecule has 1 rings (SSSR count). The molecule has 0 aliphatic rings. The van der Waals surface area contributed by atoms with Gasteiger partial charge in [-0.05, 0) is 38.6 Å². The van der Waals surface area contributed by atoms with Crippen molar-refractivity contribution in [3.05, 3.63) is 29.8 Å². The van der Waals surface area contributed by atoms with Crippen LogP contribution in [0.2, 0.25) is 0 Å². The highest BCUT2D eigenvalue weighted by Crippen LogP contribution is 2.14. The molecule has 0 aliphatic carbocycles. The van der Waals surface area contributed by atoms with Crippen molar-refractivity contribution in [1.82, 2.24) is 4.90 Å². The Kier molecular flexibility index (Phi) is 6.12. The van der Waals surface area contributed by atoms with E-state index in [9.17, 15) is 5.11 Å². The SMILES string of the molecule is CC(C)Oc1ccc(CN(C)CC(O)CN)cc1. The minimum absolute atomic E-state index is 0.193. The van der Waals surface area contributed by atoms with Gasteiger partial charge in [-0.2, -0.15) is 0 Å². The van der Waals surface area contributed by atoms with Crippen LogP contribution in [0.3, 0.4) is 0 Å². The first-order valence-corrected chi connectivity index (χ1v) is 6.33. The Hall–Kier alpha value is -1.10. The lowest BCUT2D eigenvalue weighted by Crippen LogP contribution is -2.33. The molecular formula is C14H24N2O2. The largest absolute Gasteiger partial charge is 0.491 e. The summed E-state index contributed by atoms with van der Waals surface area (Å²) < 4.78 is 5.59. The second-order valence-electron chi connectivity index (χ2n) is 4.90. The van der Waals surface area contributed by atoms with Crippen LogP contribution in [-0.2, 0) is 6.54 Å². The summed E-state index contributed by atoms with van der Waals surface area (Å²) in [5, 5.41) is 9.46. The van der Waals surface area contributed by atoms with Crippen LogP contribution >= 0.6 is 0 Å². The molecule has 18 heavy (non-hydrogen) atoms. The normalized spacial score (nSPS) is 13.1. The fourth-order valence-corrected chi connectivity index (χ4v) is 1.76. The number of nitrogens with two attached hydrogens (primary N) is 1. The van der Waals surface area contributed by atoms with E-state index in [2.05, 4.69) is 4.90 Å². The molecule has 0 fully saturated rings. The highest BCUT2D eigenvalue weighted by molar-refractivity contribution is 5.27. The third kappa shape index (κ3) is 5.49. The number of nitrogens with zero attached hydrogens (tertiary/aromatic N) is 1. The molecule has 4 heteroatoms. The first kappa shape index (κ1) is 15.0. The minimum Gasteiger partial charge on any atom is -0.491 e. The van der Waals surface area contributed by atoms with Crippen LogP contribution in [0.15, 0.2) is 24.3 Å². The lowest BCUT2D eigenvalue weighted by atomic mass is 10.2. The van der Waals surface area contributed by atoms with Gasteiger partial charge in [-0.3, -0.25) is 4.90 Å². The molecule has 0 amide bonds. The number of benzene rings is 1. The van der Waals surface area contributed by atoms with E-state index in [1.165, 1.54) is 5.56 Å². The Morgan fingerprint density at radius 1 is 1.28 bits per heavy atom. The summed E-state index contributed by atoms with van der Waals surface area (Å²) in [6, 6.07) is 8.04. The Morgan fingerprint density at radius 2 is 1.89 bits per heavy atom. The Balaban J connectivity index is 2.47. The maximum absolute atomic E-state index is 9.46. The number of rotatable bonds is 7. The van der Waals surface area contributed by atoms with Gasteiger partial charge >= 0.3 is 0 Å². The number of aliphatic hydroxyl groups excluding tert-OH is 1. The molecule has 0 saturated carbocycles. The number of hydrogen-bond acceptors (Lipinski definition) is 4. The maximum atomic E-state index is 9.46. The zero-order valence-electron chi connectivity index (χ0n) is 11.5. The van der Waals surface area contributed by atoms with Crippen molar-refractivity contribution in [2.24, 2.45) is 5.73 Å². The molecule has 4 nitrogen and oxygen atoms in total. The topological polar surface area (TPSA) is 58.7 Å². The van der Waals surface area contributed by atoms with Crippen molar-refractivity contribution in [3.8, 4) is 5.75 Å². The second-order valence-corrected chi connectivity index (χ2v) is 4.90. The van der Waals surface area contributed by atoms with Crippen LogP contribution in [0.25, 0.3) is 0 Å². The fourth-order valence-electron chi connectivity index (χ4n) is 1.76. The summed E-state index contributed by atoms with van der Waals surface area (Å²) in [5.41, 5.74) is 6.58. The molecule has 0 aromatic heterocycles. The third-order valence-corrected chi connectivity index (χ3v) is 2.54. The zero-order valence-corrected chi connectivity index (χ0v) is 11.5. The van der Waals surface area contributed by atoms with Crippen LogP contribution in [0.5, 0.6) is 5.75 Å². The van der Waals surface area contributed by atoms with Gasteiger partial charge in [0.05, 0.1) is 12.2 Å². The monoisotopic (exact) mass is 252 g/mol. The Bertz CT molecular complexity index is 338. The molecule has 0 heterocycles. The maximum Gasteiger partial charge on any atom is 0.119 e. The first-order chi connectivity index (χ1) is 8.51. The van der Waals surface area contributed by atoms with Crippen LogP contribution in [0.4, 0.5) is 0 Å². The predicted molar refractivity (Wildman–Crippen MR) is 73.6 cm³/mol. The van der Waals surface area contributed by atoms with Crippen LogP contribution in [-0.4, -0.2) is 42.4 Å². The van der Waals surface area contributed by atoms with Crippen molar-refractivity contribution in [3.63, 3.8) is 0 Å². The van der Waals surface area contributed by atoms with E-state index in [0.717, 1.165) is 12.3 Å². The van der Waals surface area contributed by atoms with Gasteiger partial charge in [0.2, 0.25) is 0 Å². The van der Waals surface area contributed by atoms with Crippen LogP contribution in [0, 0.1) is 0 Å². The fraction of sp³-hybridized carbons (Fsp3) is 0.571. The number of ether oxygens (including phenoxy) is 1. The summed E-state index contributed by atoms with van der Waals surface area (Å²) in [6.07, 6.45) is -0.267. The van der Waals surface area contributed by atoms with Crippen LogP contribution in [0.1, 0.15) is 19.4 Å². The summed E-state index contributed by atoms with van der Waals surface area (Å²) in [7, 11) is 1.97.